The Morgan fingerprint density at radius 1 is 1.36 bits per heavy atom. The molecule has 0 saturated carbocycles. The van der Waals surface area contributed by atoms with Crippen molar-refractivity contribution in [1.29, 1.82) is 0 Å². The number of aliphatic hydroxyl groups is 1. The van der Waals surface area contributed by atoms with Crippen molar-refractivity contribution >= 4 is 5.69 Å². The van der Waals surface area contributed by atoms with E-state index in [1.165, 1.54) is 6.07 Å². The van der Waals surface area contributed by atoms with Crippen LogP contribution in [0.1, 0.15) is 19.8 Å². The third-order valence-corrected chi connectivity index (χ3v) is 5.11. The molecule has 0 spiro atoms. The second kappa shape index (κ2) is 9.16. The fourth-order valence-corrected chi connectivity index (χ4v) is 3.40. The number of benzene rings is 1. The van der Waals surface area contributed by atoms with Crippen molar-refractivity contribution in [3.63, 3.8) is 0 Å². The van der Waals surface area contributed by atoms with E-state index < -0.39 is 5.79 Å². The van der Waals surface area contributed by atoms with Crippen LogP contribution in [0.4, 0.5) is 10.1 Å². The molecule has 1 N–H and O–H groups in total. The maximum absolute atomic E-state index is 14.0. The quantitative estimate of drug-likeness (QED) is 0.431. The van der Waals surface area contributed by atoms with Gasteiger partial charge < -0.3 is 24.2 Å². The van der Waals surface area contributed by atoms with E-state index in [4.69, 9.17) is 14.2 Å². The van der Waals surface area contributed by atoms with Gasteiger partial charge >= 0.3 is 0 Å². The number of anilines is 1. The van der Waals surface area contributed by atoms with Crippen molar-refractivity contribution in [2.75, 3.05) is 31.7 Å². The number of hydrogen-bond acceptors (Lipinski definition) is 5. The second-order valence-corrected chi connectivity index (χ2v) is 6.49. The Hall–Kier alpha value is -0.158. The van der Waals surface area contributed by atoms with Gasteiger partial charge in [-0.25, -0.2) is 4.39 Å². The number of aliphatic hydroxyl groups excluding tert-OH is 1. The summed E-state index contributed by atoms with van der Waals surface area (Å²) in [6, 6.07) is 6.81. The zero-order valence-electron chi connectivity index (χ0n) is 14.7. The Kier molecular flexibility index (Phi) is 7.75. The Bertz CT molecular complexity index is 554. The number of ether oxygens (including phenoxy) is 3. The molecule has 3 rings (SSSR count). The van der Waals surface area contributed by atoms with Gasteiger partial charge in [0.2, 0.25) is 0 Å². The molecule has 1 aromatic carbocycles. The van der Waals surface area contributed by atoms with Crippen LogP contribution in [-0.2, 0) is 14.2 Å². The molecule has 138 valence electrons. The molecule has 2 heterocycles. The molecule has 3 atom stereocenters. The molecule has 0 amide bonds. The Labute approximate surface area is 172 Å². The van der Waals surface area contributed by atoms with Crippen LogP contribution in [0.2, 0.25) is 0 Å². The van der Waals surface area contributed by atoms with Crippen LogP contribution in [-0.4, -0.2) is 49.9 Å². The number of halogens is 1. The standard InChI is InChI=1S/C18H25FNO4.U/c1-13-16(11-21)23-12-17(13)24-18(22-2)7-9-20(10-8-18)15-6-4-3-5-14(15)19;/h3-6,12-13,16-17,21H,7-11H2,1-2H3;/q-1;. The van der Waals surface area contributed by atoms with Gasteiger partial charge in [-0.15, -0.1) is 0 Å². The Morgan fingerprint density at radius 2 is 2.04 bits per heavy atom. The van der Waals surface area contributed by atoms with Gasteiger partial charge in [0.15, 0.2) is 5.79 Å². The van der Waals surface area contributed by atoms with Crippen LogP contribution in [0, 0.1) is 49.5 Å². The monoisotopic (exact) mass is 576 g/mol. The second-order valence-electron chi connectivity index (χ2n) is 6.49. The molecule has 0 aliphatic carbocycles. The van der Waals surface area contributed by atoms with Crippen molar-refractivity contribution in [2.45, 2.75) is 37.8 Å². The predicted octanol–water partition coefficient (Wildman–Crippen LogP) is 2.34. The molecule has 7 heteroatoms. The van der Waals surface area contributed by atoms with Crippen molar-refractivity contribution < 1.29 is 54.8 Å². The van der Waals surface area contributed by atoms with Gasteiger partial charge in [-0.1, -0.05) is 19.1 Å². The average Bonchev–Trinajstić information content (AvgIpc) is 2.96. The first-order valence-electron chi connectivity index (χ1n) is 8.40. The SMILES string of the molecule is COC1(OC2[CH-]OC(CO)C2C)CCN(c2ccccc2F)CC1.[U]. The molecule has 2 aliphatic heterocycles. The zero-order valence-corrected chi connectivity index (χ0v) is 18.8. The summed E-state index contributed by atoms with van der Waals surface area (Å²) in [7, 11) is 1.64. The predicted molar refractivity (Wildman–Crippen MR) is 87.9 cm³/mol. The first-order valence-corrected chi connectivity index (χ1v) is 8.40. The van der Waals surface area contributed by atoms with Crippen LogP contribution in [0.25, 0.3) is 0 Å². The molecule has 25 heavy (non-hydrogen) atoms. The number of para-hydroxylation sites is 1. The van der Waals surface area contributed by atoms with Crippen molar-refractivity contribution in [3.05, 3.63) is 36.7 Å². The number of nitrogens with zero attached hydrogens (tertiary/aromatic N) is 1. The van der Waals surface area contributed by atoms with E-state index >= 15 is 0 Å². The van der Waals surface area contributed by atoms with E-state index in [9.17, 15) is 9.50 Å². The van der Waals surface area contributed by atoms with E-state index in [1.807, 2.05) is 17.9 Å². The third-order valence-electron chi connectivity index (χ3n) is 5.11. The molecule has 2 fully saturated rings. The molecule has 2 aliphatic rings. The van der Waals surface area contributed by atoms with Gasteiger partial charge in [0.25, 0.3) is 0 Å². The summed E-state index contributed by atoms with van der Waals surface area (Å²) in [5, 5.41) is 9.29. The maximum atomic E-state index is 14.0. The van der Waals surface area contributed by atoms with E-state index in [2.05, 4.69) is 0 Å². The first kappa shape index (κ1) is 21.1. The number of methoxy groups -OCH3 is 1. The number of rotatable bonds is 5. The fraction of sp³-hybridized carbons (Fsp3) is 0.611. The van der Waals surface area contributed by atoms with Crippen LogP contribution in [0.15, 0.2) is 24.3 Å². The van der Waals surface area contributed by atoms with Crippen LogP contribution >= 0.6 is 0 Å². The van der Waals surface area contributed by atoms with Crippen LogP contribution < -0.4 is 4.90 Å². The molecule has 3 unspecified atom stereocenters. The minimum absolute atomic E-state index is 0. The summed E-state index contributed by atoms with van der Waals surface area (Å²) in [6.45, 7) is 4.92. The zero-order chi connectivity index (χ0) is 17.2. The van der Waals surface area contributed by atoms with Crippen molar-refractivity contribution in [1.82, 2.24) is 0 Å². The fourth-order valence-electron chi connectivity index (χ4n) is 3.40. The smallest absolute Gasteiger partial charge is 0.168 e. The van der Waals surface area contributed by atoms with E-state index in [-0.39, 0.29) is 61.7 Å². The molecule has 1 aromatic rings. The topological polar surface area (TPSA) is 51.2 Å². The Balaban J connectivity index is 0.00000225. The summed E-state index contributed by atoms with van der Waals surface area (Å²) in [4.78, 5) is 2.02. The van der Waals surface area contributed by atoms with Gasteiger partial charge in [0.05, 0.1) is 12.3 Å². The molecular weight excluding hydrogens is 551 g/mol. The minimum atomic E-state index is -0.703. The minimum Gasteiger partial charge on any atom is -0.545 e. The molecule has 0 radical (unpaired) electrons. The molecular formula is C18H25FNO4U-. The average molecular weight is 576 g/mol. The van der Waals surface area contributed by atoms with E-state index in [0.717, 1.165) is 0 Å². The van der Waals surface area contributed by atoms with Gasteiger partial charge in [0.1, 0.15) is 5.82 Å². The summed E-state index contributed by atoms with van der Waals surface area (Å²) in [5.74, 6) is -0.850. The largest absolute Gasteiger partial charge is 0.545 e. The van der Waals surface area contributed by atoms with Gasteiger partial charge in [-0.05, 0) is 24.2 Å². The number of piperidine rings is 1. The van der Waals surface area contributed by atoms with E-state index in [1.54, 1.807) is 25.8 Å². The molecule has 2 saturated heterocycles. The number of hydrogen-bond donors (Lipinski definition) is 1. The summed E-state index contributed by atoms with van der Waals surface area (Å²) in [6.07, 6.45) is 0.821. The van der Waals surface area contributed by atoms with Crippen LogP contribution in [0.3, 0.4) is 0 Å². The van der Waals surface area contributed by atoms with Gasteiger partial charge in [0, 0.05) is 70.3 Å². The van der Waals surface area contributed by atoms with Crippen molar-refractivity contribution in [2.24, 2.45) is 5.92 Å². The summed E-state index contributed by atoms with van der Waals surface area (Å²) in [5.41, 5.74) is 0.617. The molecule has 0 aromatic heterocycles. The van der Waals surface area contributed by atoms with Gasteiger partial charge in [-0.3, -0.25) is 0 Å². The maximum Gasteiger partial charge on any atom is 0.168 e. The van der Waals surface area contributed by atoms with Gasteiger partial charge in [-0.2, -0.15) is 6.61 Å². The normalized spacial score (nSPS) is 28.6. The van der Waals surface area contributed by atoms with Crippen LogP contribution in [0.5, 0.6) is 0 Å². The van der Waals surface area contributed by atoms with Crippen molar-refractivity contribution in [3.8, 4) is 0 Å². The summed E-state index contributed by atoms with van der Waals surface area (Å²) < 4.78 is 31.3. The van der Waals surface area contributed by atoms with E-state index in [0.29, 0.717) is 31.6 Å². The summed E-state index contributed by atoms with van der Waals surface area (Å²) >= 11 is 0. The third kappa shape index (κ3) is 4.58. The first-order chi connectivity index (χ1) is 11.6. The Morgan fingerprint density at radius 3 is 2.60 bits per heavy atom. The molecule has 5 nitrogen and oxygen atoms in total. The molecule has 0 bridgehead atoms.